The minimum Gasteiger partial charge on any atom is -0.507 e. The molecule has 0 aromatic heterocycles. The lowest BCUT2D eigenvalue weighted by Crippen LogP contribution is -2.30. The van der Waals surface area contributed by atoms with Gasteiger partial charge >= 0.3 is 5.97 Å². The Balaban J connectivity index is 1.96. The first-order chi connectivity index (χ1) is 14.8. The Morgan fingerprint density at radius 3 is 2.23 bits per heavy atom. The van der Waals surface area contributed by atoms with Gasteiger partial charge in [0.2, 0.25) is 0 Å². The van der Waals surface area contributed by atoms with Crippen LogP contribution in [-0.4, -0.2) is 39.3 Å². The smallest absolute Gasteiger partial charge is 0.303 e. The summed E-state index contributed by atoms with van der Waals surface area (Å²) >= 11 is 3.32. The monoisotopic (exact) mass is 489 g/mol. The van der Waals surface area contributed by atoms with Crippen LogP contribution in [0.25, 0.3) is 5.76 Å². The van der Waals surface area contributed by atoms with E-state index in [1.54, 1.807) is 24.3 Å². The van der Waals surface area contributed by atoms with Crippen molar-refractivity contribution in [1.29, 1.82) is 0 Å². The molecular weight excluding hydrogens is 469 g/mol. The van der Waals surface area contributed by atoms with E-state index in [0.29, 0.717) is 30.4 Å². The zero-order chi connectivity index (χ0) is 22.5. The highest BCUT2D eigenvalue weighted by Gasteiger charge is 2.45. The maximum atomic E-state index is 13.5. The third-order valence-corrected chi connectivity index (χ3v) is 5.66. The topological polar surface area (TPSA) is 94.9 Å². The van der Waals surface area contributed by atoms with E-state index < -0.39 is 29.5 Å². The summed E-state index contributed by atoms with van der Waals surface area (Å²) in [7, 11) is 0. The van der Waals surface area contributed by atoms with Crippen LogP contribution in [0.2, 0.25) is 0 Å². The summed E-state index contributed by atoms with van der Waals surface area (Å²) in [5.74, 6) is -3.19. The normalized spacial score (nSPS) is 17.9. The number of aliphatic hydroxyl groups is 1. The Hall–Kier alpha value is -3.00. The summed E-state index contributed by atoms with van der Waals surface area (Å²) in [5, 5.41) is 19.7. The van der Waals surface area contributed by atoms with Crippen LogP contribution in [-0.2, 0) is 14.4 Å². The van der Waals surface area contributed by atoms with E-state index in [0.717, 1.165) is 4.47 Å². The number of aliphatic hydroxyl groups excluding tert-OH is 1. The summed E-state index contributed by atoms with van der Waals surface area (Å²) in [6.45, 7) is 0.212. The number of hydrogen-bond donors (Lipinski definition) is 2. The van der Waals surface area contributed by atoms with E-state index in [1.165, 1.54) is 29.2 Å². The predicted molar refractivity (Wildman–Crippen MR) is 116 cm³/mol. The van der Waals surface area contributed by atoms with Gasteiger partial charge < -0.3 is 15.1 Å². The van der Waals surface area contributed by atoms with Crippen molar-refractivity contribution in [2.75, 3.05) is 6.54 Å². The van der Waals surface area contributed by atoms with Gasteiger partial charge in [0.1, 0.15) is 11.6 Å². The van der Waals surface area contributed by atoms with E-state index in [1.807, 2.05) is 0 Å². The van der Waals surface area contributed by atoms with Gasteiger partial charge in [0, 0.05) is 23.0 Å². The fourth-order valence-corrected chi connectivity index (χ4v) is 3.87. The van der Waals surface area contributed by atoms with Gasteiger partial charge in [-0.15, -0.1) is 0 Å². The van der Waals surface area contributed by atoms with Gasteiger partial charge in [-0.1, -0.05) is 46.6 Å². The second-order valence-corrected chi connectivity index (χ2v) is 8.17. The van der Waals surface area contributed by atoms with Crippen LogP contribution in [0, 0.1) is 5.82 Å². The highest BCUT2D eigenvalue weighted by molar-refractivity contribution is 9.10. The largest absolute Gasteiger partial charge is 0.507 e. The fourth-order valence-electron chi connectivity index (χ4n) is 3.60. The van der Waals surface area contributed by atoms with Crippen LogP contribution >= 0.6 is 15.9 Å². The number of rotatable bonds is 8. The minimum absolute atomic E-state index is 0.0315. The molecule has 31 heavy (non-hydrogen) atoms. The molecule has 0 aliphatic carbocycles. The molecule has 2 aromatic carbocycles. The molecule has 1 fully saturated rings. The number of likely N-dealkylation sites (tertiary alicyclic amines) is 1. The van der Waals surface area contributed by atoms with E-state index in [9.17, 15) is 23.9 Å². The van der Waals surface area contributed by atoms with Crippen molar-refractivity contribution >= 4 is 39.3 Å². The average Bonchev–Trinajstić information content (AvgIpc) is 2.99. The van der Waals surface area contributed by atoms with Gasteiger partial charge in [0.25, 0.3) is 11.7 Å². The number of nitrogens with zero attached hydrogens (tertiary/aromatic N) is 1. The standard InChI is InChI=1S/C23H21BrFNO5/c24-16-9-5-15(6-10-16)21(29)19-20(14-7-11-17(25)12-8-14)26(23(31)22(19)30)13-3-1-2-4-18(27)28/h5-12,20,29H,1-4,13H2,(H,27,28). The number of carbonyl (C=O) groups excluding carboxylic acids is 2. The van der Waals surface area contributed by atoms with Gasteiger partial charge in [-0.3, -0.25) is 14.4 Å². The van der Waals surface area contributed by atoms with Crippen molar-refractivity contribution in [2.24, 2.45) is 0 Å². The van der Waals surface area contributed by atoms with Crippen molar-refractivity contribution in [2.45, 2.75) is 31.7 Å². The molecule has 1 heterocycles. The number of ketones is 1. The second kappa shape index (κ2) is 9.87. The third kappa shape index (κ3) is 5.19. The lowest BCUT2D eigenvalue weighted by molar-refractivity contribution is -0.140. The molecule has 1 saturated heterocycles. The molecular formula is C23H21BrFNO5. The van der Waals surface area contributed by atoms with E-state index in [2.05, 4.69) is 15.9 Å². The minimum atomic E-state index is -0.888. The van der Waals surface area contributed by atoms with Crippen molar-refractivity contribution in [3.05, 3.63) is 75.5 Å². The molecule has 2 N–H and O–H groups in total. The van der Waals surface area contributed by atoms with Gasteiger partial charge in [-0.05, 0) is 42.7 Å². The van der Waals surface area contributed by atoms with Crippen LogP contribution < -0.4 is 0 Å². The number of carboxylic acid groups (broad SMARTS) is 1. The number of amides is 1. The molecule has 6 nitrogen and oxygen atoms in total. The lowest BCUT2D eigenvalue weighted by atomic mass is 9.95. The maximum absolute atomic E-state index is 13.5. The number of carboxylic acids is 1. The molecule has 0 saturated carbocycles. The van der Waals surface area contributed by atoms with Crippen LogP contribution in [0.3, 0.4) is 0 Å². The first-order valence-electron chi connectivity index (χ1n) is 9.81. The number of Topliss-reactive ketones (excluding diaryl/α,β-unsaturated/α-hetero) is 1. The molecule has 8 heteroatoms. The Labute approximate surface area is 187 Å². The SMILES string of the molecule is O=C(O)CCCCCN1C(=O)C(=O)C(=C(O)c2ccc(Br)cc2)C1c1ccc(F)cc1. The summed E-state index contributed by atoms with van der Waals surface area (Å²) in [4.78, 5) is 37.7. The highest BCUT2D eigenvalue weighted by Crippen LogP contribution is 2.39. The number of benzene rings is 2. The quantitative estimate of drug-likeness (QED) is 0.243. The molecule has 3 rings (SSSR count). The number of aliphatic carboxylic acids is 1. The van der Waals surface area contributed by atoms with Crippen molar-refractivity contribution < 1.29 is 29.0 Å². The van der Waals surface area contributed by atoms with Crippen molar-refractivity contribution in [3.8, 4) is 0 Å². The molecule has 1 aliphatic rings. The van der Waals surface area contributed by atoms with Gasteiger partial charge in [0.05, 0.1) is 11.6 Å². The third-order valence-electron chi connectivity index (χ3n) is 5.13. The Bertz CT molecular complexity index is 1020. The van der Waals surface area contributed by atoms with E-state index >= 15 is 0 Å². The summed E-state index contributed by atoms with van der Waals surface area (Å²) in [6.07, 6.45) is 1.55. The molecule has 1 amide bonds. The summed E-state index contributed by atoms with van der Waals surface area (Å²) in [5.41, 5.74) is 0.837. The van der Waals surface area contributed by atoms with Crippen molar-refractivity contribution in [3.63, 3.8) is 0 Å². The molecule has 1 atom stereocenters. The first-order valence-corrected chi connectivity index (χ1v) is 10.6. The van der Waals surface area contributed by atoms with Crippen molar-refractivity contribution in [1.82, 2.24) is 4.90 Å². The van der Waals surface area contributed by atoms with Gasteiger partial charge in [-0.25, -0.2) is 4.39 Å². The second-order valence-electron chi connectivity index (χ2n) is 7.26. The number of halogens is 2. The number of hydrogen-bond acceptors (Lipinski definition) is 4. The highest BCUT2D eigenvalue weighted by atomic mass is 79.9. The van der Waals surface area contributed by atoms with Gasteiger partial charge in [0.15, 0.2) is 0 Å². The van der Waals surface area contributed by atoms with Crippen LogP contribution in [0.1, 0.15) is 42.9 Å². The Morgan fingerprint density at radius 1 is 0.968 bits per heavy atom. The molecule has 1 aliphatic heterocycles. The maximum Gasteiger partial charge on any atom is 0.303 e. The molecule has 1 unspecified atom stereocenters. The van der Waals surface area contributed by atoms with E-state index in [-0.39, 0.29) is 24.3 Å². The van der Waals surface area contributed by atoms with Crippen LogP contribution in [0.15, 0.2) is 58.6 Å². The zero-order valence-corrected chi connectivity index (χ0v) is 18.1. The number of unbranched alkanes of at least 4 members (excludes halogenated alkanes) is 2. The van der Waals surface area contributed by atoms with Gasteiger partial charge in [-0.2, -0.15) is 0 Å². The Kier molecular flexibility index (Phi) is 7.22. The molecule has 0 spiro atoms. The summed E-state index contributed by atoms with van der Waals surface area (Å²) in [6, 6.07) is 11.3. The summed E-state index contributed by atoms with van der Waals surface area (Å²) < 4.78 is 14.3. The molecule has 162 valence electrons. The average molecular weight is 490 g/mol. The lowest BCUT2D eigenvalue weighted by Gasteiger charge is -2.25. The molecule has 0 bridgehead atoms. The van der Waals surface area contributed by atoms with Crippen LogP contribution in [0.4, 0.5) is 4.39 Å². The fraction of sp³-hybridized carbons (Fsp3) is 0.261. The molecule has 0 radical (unpaired) electrons. The zero-order valence-electron chi connectivity index (χ0n) is 16.6. The predicted octanol–water partition coefficient (Wildman–Crippen LogP) is 4.65. The van der Waals surface area contributed by atoms with E-state index in [4.69, 9.17) is 5.11 Å². The first kappa shape index (κ1) is 22.7. The van der Waals surface area contributed by atoms with Crippen LogP contribution in [0.5, 0.6) is 0 Å². The molecule has 2 aromatic rings. The Morgan fingerprint density at radius 2 is 1.61 bits per heavy atom. The number of carbonyl (C=O) groups is 3.